The molecule has 0 bridgehead atoms. The van der Waals surface area contributed by atoms with Crippen molar-refractivity contribution >= 4 is 17.5 Å². The SMILES string of the molecule is O=C(CCl)NCc1ccc(F)c(F)c1F. The van der Waals surface area contributed by atoms with Gasteiger partial charge in [0.05, 0.1) is 0 Å². The fourth-order valence-electron chi connectivity index (χ4n) is 0.943. The molecule has 0 unspecified atom stereocenters. The molecule has 1 amide bonds. The highest BCUT2D eigenvalue weighted by molar-refractivity contribution is 6.27. The van der Waals surface area contributed by atoms with Crippen LogP contribution in [0.2, 0.25) is 0 Å². The summed E-state index contributed by atoms with van der Waals surface area (Å²) in [7, 11) is 0. The Bertz CT molecular complexity index is 384. The van der Waals surface area contributed by atoms with Crippen molar-refractivity contribution in [2.24, 2.45) is 0 Å². The smallest absolute Gasteiger partial charge is 0.235 e. The first-order chi connectivity index (χ1) is 7.06. The van der Waals surface area contributed by atoms with E-state index >= 15 is 0 Å². The van der Waals surface area contributed by atoms with E-state index in [1.807, 2.05) is 0 Å². The van der Waals surface area contributed by atoms with Gasteiger partial charge >= 0.3 is 0 Å². The Hall–Kier alpha value is -1.23. The maximum atomic E-state index is 13.0. The highest BCUT2D eigenvalue weighted by atomic mass is 35.5. The number of alkyl halides is 1. The Morgan fingerprint density at radius 2 is 1.93 bits per heavy atom. The average molecular weight is 238 g/mol. The second-order valence-electron chi connectivity index (χ2n) is 2.74. The number of carbonyl (C=O) groups excluding carboxylic acids is 1. The minimum atomic E-state index is -1.55. The van der Waals surface area contributed by atoms with Gasteiger partial charge in [-0.25, -0.2) is 13.2 Å². The third-order valence-electron chi connectivity index (χ3n) is 1.71. The van der Waals surface area contributed by atoms with Gasteiger partial charge in [-0.05, 0) is 6.07 Å². The number of rotatable bonds is 3. The summed E-state index contributed by atoms with van der Waals surface area (Å²) in [5.74, 6) is -4.90. The number of hydrogen-bond donors (Lipinski definition) is 1. The molecule has 1 aromatic rings. The van der Waals surface area contributed by atoms with Gasteiger partial charge in [0.15, 0.2) is 17.5 Å². The van der Waals surface area contributed by atoms with Crippen molar-refractivity contribution in [3.8, 4) is 0 Å². The first-order valence-corrected chi connectivity index (χ1v) is 4.54. The maximum Gasteiger partial charge on any atom is 0.235 e. The lowest BCUT2D eigenvalue weighted by Gasteiger charge is -2.05. The van der Waals surface area contributed by atoms with Crippen LogP contribution in [-0.4, -0.2) is 11.8 Å². The minimum absolute atomic E-state index is 0.132. The van der Waals surface area contributed by atoms with E-state index in [1.165, 1.54) is 0 Å². The zero-order chi connectivity index (χ0) is 11.4. The molecule has 0 aliphatic rings. The molecule has 1 rings (SSSR count). The molecule has 1 N–H and O–H groups in total. The molecule has 15 heavy (non-hydrogen) atoms. The molecule has 0 atom stereocenters. The molecule has 6 heteroatoms. The summed E-state index contributed by atoms with van der Waals surface area (Å²) in [6.07, 6.45) is 0. The van der Waals surface area contributed by atoms with E-state index in [4.69, 9.17) is 11.6 Å². The van der Waals surface area contributed by atoms with Crippen LogP contribution < -0.4 is 5.32 Å². The third-order valence-corrected chi connectivity index (χ3v) is 1.96. The highest BCUT2D eigenvalue weighted by Gasteiger charge is 2.13. The Morgan fingerprint density at radius 3 is 2.53 bits per heavy atom. The molecule has 0 aliphatic heterocycles. The van der Waals surface area contributed by atoms with E-state index in [0.29, 0.717) is 0 Å². The molecule has 0 aliphatic carbocycles. The van der Waals surface area contributed by atoms with Crippen LogP contribution in [-0.2, 0) is 11.3 Å². The first-order valence-electron chi connectivity index (χ1n) is 4.01. The van der Waals surface area contributed by atoms with Gasteiger partial charge in [-0.3, -0.25) is 4.79 Å². The standard InChI is InChI=1S/C9H7ClF3NO/c10-3-7(15)14-4-5-1-2-6(11)9(13)8(5)12/h1-2H,3-4H2,(H,14,15). The van der Waals surface area contributed by atoms with E-state index in [-0.39, 0.29) is 18.0 Å². The summed E-state index contributed by atoms with van der Waals surface area (Å²) >= 11 is 5.17. The van der Waals surface area contributed by atoms with Gasteiger partial charge in [0.2, 0.25) is 5.91 Å². The molecule has 0 spiro atoms. The summed E-state index contributed by atoms with van der Waals surface area (Å²) in [4.78, 5) is 10.7. The lowest BCUT2D eigenvalue weighted by atomic mass is 10.2. The summed E-state index contributed by atoms with van der Waals surface area (Å²) in [6, 6.07) is 1.85. The van der Waals surface area contributed by atoms with Gasteiger partial charge < -0.3 is 5.32 Å². The summed E-state index contributed by atoms with van der Waals surface area (Å²) in [5.41, 5.74) is -0.132. The Morgan fingerprint density at radius 1 is 1.27 bits per heavy atom. The Kier molecular flexibility index (Phi) is 3.96. The lowest BCUT2D eigenvalue weighted by Crippen LogP contribution is -2.24. The predicted octanol–water partition coefficient (Wildman–Crippen LogP) is 1.96. The number of nitrogens with one attached hydrogen (secondary N) is 1. The topological polar surface area (TPSA) is 29.1 Å². The maximum absolute atomic E-state index is 13.0. The predicted molar refractivity (Wildman–Crippen MR) is 48.9 cm³/mol. The summed E-state index contributed by atoms with van der Waals surface area (Å²) in [6.45, 7) is -0.228. The normalized spacial score (nSPS) is 10.1. The van der Waals surface area contributed by atoms with E-state index in [9.17, 15) is 18.0 Å². The molecular weight excluding hydrogens is 231 g/mol. The minimum Gasteiger partial charge on any atom is -0.351 e. The quantitative estimate of drug-likeness (QED) is 0.632. The molecule has 82 valence electrons. The van der Waals surface area contributed by atoms with Crippen LogP contribution in [0.15, 0.2) is 12.1 Å². The van der Waals surface area contributed by atoms with E-state index < -0.39 is 23.4 Å². The van der Waals surface area contributed by atoms with Crippen molar-refractivity contribution in [1.82, 2.24) is 5.32 Å². The van der Waals surface area contributed by atoms with Crippen molar-refractivity contribution in [3.63, 3.8) is 0 Å². The molecule has 0 radical (unpaired) electrons. The van der Waals surface area contributed by atoms with Crippen molar-refractivity contribution in [3.05, 3.63) is 35.1 Å². The Labute approximate surface area is 89.0 Å². The lowest BCUT2D eigenvalue weighted by molar-refractivity contribution is -0.118. The van der Waals surface area contributed by atoms with E-state index in [1.54, 1.807) is 0 Å². The molecule has 0 saturated heterocycles. The van der Waals surface area contributed by atoms with Crippen molar-refractivity contribution in [1.29, 1.82) is 0 Å². The van der Waals surface area contributed by atoms with E-state index in [0.717, 1.165) is 12.1 Å². The average Bonchev–Trinajstić information content (AvgIpc) is 2.24. The number of hydrogen-bond acceptors (Lipinski definition) is 1. The van der Waals surface area contributed by atoms with Crippen LogP contribution in [0.4, 0.5) is 13.2 Å². The second kappa shape index (κ2) is 5.02. The van der Waals surface area contributed by atoms with Crippen LogP contribution >= 0.6 is 11.6 Å². The molecule has 0 fully saturated rings. The number of amides is 1. The second-order valence-corrected chi connectivity index (χ2v) is 3.01. The van der Waals surface area contributed by atoms with Crippen LogP contribution in [0, 0.1) is 17.5 Å². The zero-order valence-corrected chi connectivity index (χ0v) is 8.24. The number of carbonyl (C=O) groups is 1. The summed E-state index contributed by atoms with van der Waals surface area (Å²) < 4.78 is 38.2. The molecule has 0 heterocycles. The monoisotopic (exact) mass is 237 g/mol. The van der Waals surface area contributed by atoms with Crippen molar-refractivity contribution < 1.29 is 18.0 Å². The molecule has 2 nitrogen and oxygen atoms in total. The molecule has 0 saturated carbocycles. The molecular formula is C9H7ClF3NO. The van der Waals surface area contributed by atoms with Gasteiger partial charge in [0, 0.05) is 12.1 Å². The molecule has 1 aromatic carbocycles. The van der Waals surface area contributed by atoms with Gasteiger partial charge in [-0.15, -0.1) is 11.6 Å². The van der Waals surface area contributed by atoms with Crippen LogP contribution in [0.1, 0.15) is 5.56 Å². The first kappa shape index (κ1) is 11.8. The largest absolute Gasteiger partial charge is 0.351 e. The van der Waals surface area contributed by atoms with Crippen LogP contribution in [0.3, 0.4) is 0 Å². The third kappa shape index (κ3) is 2.86. The van der Waals surface area contributed by atoms with Gasteiger partial charge in [-0.1, -0.05) is 6.07 Å². The van der Waals surface area contributed by atoms with Gasteiger partial charge in [0.1, 0.15) is 5.88 Å². The van der Waals surface area contributed by atoms with E-state index in [2.05, 4.69) is 5.32 Å². The van der Waals surface area contributed by atoms with Crippen LogP contribution in [0.5, 0.6) is 0 Å². The van der Waals surface area contributed by atoms with Gasteiger partial charge in [-0.2, -0.15) is 0 Å². The zero-order valence-electron chi connectivity index (χ0n) is 7.49. The number of halogens is 4. The number of benzene rings is 1. The fraction of sp³-hybridized carbons (Fsp3) is 0.222. The van der Waals surface area contributed by atoms with Crippen molar-refractivity contribution in [2.75, 3.05) is 5.88 Å². The summed E-state index contributed by atoms with van der Waals surface area (Å²) in [5, 5.41) is 2.24. The fourth-order valence-corrected chi connectivity index (χ4v) is 1.04. The highest BCUT2D eigenvalue weighted by Crippen LogP contribution is 2.14. The Balaban J connectivity index is 2.78. The molecule has 0 aromatic heterocycles. The van der Waals surface area contributed by atoms with Crippen molar-refractivity contribution in [2.45, 2.75) is 6.54 Å². The van der Waals surface area contributed by atoms with Crippen LogP contribution in [0.25, 0.3) is 0 Å². The van der Waals surface area contributed by atoms with Gasteiger partial charge in [0.25, 0.3) is 0 Å².